The lowest BCUT2D eigenvalue weighted by Crippen LogP contribution is -2.53. The minimum Gasteiger partial charge on any atom is -0.423 e. The molecule has 31 heavy (non-hydrogen) atoms. The number of nitrogens with one attached hydrogen (secondary N) is 1. The number of nitrogens with zero attached hydrogens (tertiary/aromatic N) is 3. The molecule has 0 bridgehead atoms. The van der Waals surface area contributed by atoms with E-state index in [1.54, 1.807) is 0 Å². The number of piperidine rings is 1. The van der Waals surface area contributed by atoms with E-state index in [4.69, 9.17) is 9.15 Å². The summed E-state index contributed by atoms with van der Waals surface area (Å²) in [6.07, 6.45) is 3.93. The Bertz CT molecular complexity index is 803. The first-order chi connectivity index (χ1) is 15.2. The fourth-order valence-corrected chi connectivity index (χ4v) is 5.01. The summed E-state index contributed by atoms with van der Waals surface area (Å²) in [7, 11) is 0. The number of amides is 1. The number of fused-ring (bicyclic) bond motifs is 1. The fourth-order valence-electron chi connectivity index (χ4n) is 5.01. The van der Waals surface area contributed by atoms with Gasteiger partial charge in [0.25, 0.3) is 6.01 Å². The third-order valence-electron chi connectivity index (χ3n) is 7.01. The molecular weight excluding hydrogens is 392 g/mol. The number of aromatic nitrogens is 1. The summed E-state index contributed by atoms with van der Waals surface area (Å²) in [6, 6.07) is 8.89. The number of ether oxygens (including phenoxy) is 1. The number of benzene rings is 1. The quantitative estimate of drug-likeness (QED) is 0.696. The topological polar surface area (TPSA) is 70.8 Å². The molecule has 0 saturated carbocycles. The zero-order valence-corrected chi connectivity index (χ0v) is 18.9. The van der Waals surface area contributed by atoms with Crippen molar-refractivity contribution in [1.82, 2.24) is 15.2 Å². The molecule has 4 rings (SSSR count). The molecule has 1 N–H and O–H groups in total. The van der Waals surface area contributed by atoms with Crippen molar-refractivity contribution in [1.29, 1.82) is 0 Å². The first kappa shape index (κ1) is 22.1. The Balaban J connectivity index is 1.30. The number of oxazole rings is 1. The fraction of sp³-hybridized carbons (Fsp3) is 0.667. The van der Waals surface area contributed by atoms with Crippen LogP contribution in [0.2, 0.25) is 0 Å². The van der Waals surface area contributed by atoms with Crippen molar-refractivity contribution in [3.05, 3.63) is 24.3 Å². The Kier molecular flexibility index (Phi) is 7.45. The van der Waals surface area contributed by atoms with Crippen LogP contribution < -0.4 is 10.2 Å². The highest BCUT2D eigenvalue weighted by molar-refractivity contribution is 5.79. The molecule has 170 valence electrons. The molecule has 2 aliphatic heterocycles. The largest absolute Gasteiger partial charge is 0.423 e. The van der Waals surface area contributed by atoms with Crippen LogP contribution in [-0.4, -0.2) is 67.8 Å². The van der Waals surface area contributed by atoms with Crippen molar-refractivity contribution in [3.8, 4) is 0 Å². The molecule has 2 aromatic rings. The van der Waals surface area contributed by atoms with Crippen LogP contribution in [0.1, 0.15) is 39.5 Å². The van der Waals surface area contributed by atoms with Crippen LogP contribution >= 0.6 is 0 Å². The highest BCUT2D eigenvalue weighted by Gasteiger charge is 2.30. The third kappa shape index (κ3) is 5.21. The second-order valence-corrected chi connectivity index (χ2v) is 8.76. The van der Waals surface area contributed by atoms with Crippen LogP contribution in [0.3, 0.4) is 0 Å². The van der Waals surface area contributed by atoms with Gasteiger partial charge in [-0.25, -0.2) is 0 Å². The van der Waals surface area contributed by atoms with Gasteiger partial charge in [0, 0.05) is 44.7 Å². The lowest BCUT2D eigenvalue weighted by atomic mass is 9.91. The van der Waals surface area contributed by atoms with Crippen molar-refractivity contribution in [2.24, 2.45) is 11.8 Å². The minimum absolute atomic E-state index is 0.0627. The molecule has 1 amide bonds. The van der Waals surface area contributed by atoms with E-state index in [-0.39, 0.29) is 11.8 Å². The first-order valence-electron chi connectivity index (χ1n) is 11.9. The molecule has 1 aromatic heterocycles. The van der Waals surface area contributed by atoms with Gasteiger partial charge in [0.15, 0.2) is 5.58 Å². The summed E-state index contributed by atoms with van der Waals surface area (Å²) in [5.41, 5.74) is 1.70. The summed E-state index contributed by atoms with van der Waals surface area (Å²) in [6.45, 7) is 10.3. The van der Waals surface area contributed by atoms with Gasteiger partial charge >= 0.3 is 0 Å². The Morgan fingerprint density at radius 2 is 1.84 bits per heavy atom. The van der Waals surface area contributed by atoms with Gasteiger partial charge in [0.2, 0.25) is 5.91 Å². The Labute approximate surface area is 185 Å². The predicted octanol–water partition coefficient (Wildman–Crippen LogP) is 3.30. The van der Waals surface area contributed by atoms with Gasteiger partial charge in [-0.3, -0.25) is 9.69 Å². The molecule has 1 atom stereocenters. The number of rotatable bonds is 8. The van der Waals surface area contributed by atoms with E-state index in [1.807, 2.05) is 24.3 Å². The number of carbonyl (C=O) groups excluding carboxylic acids is 1. The van der Waals surface area contributed by atoms with E-state index < -0.39 is 0 Å². The zero-order valence-electron chi connectivity index (χ0n) is 18.9. The molecule has 2 aliphatic rings. The molecule has 0 aliphatic carbocycles. The molecule has 1 aromatic carbocycles. The van der Waals surface area contributed by atoms with E-state index in [2.05, 4.69) is 33.9 Å². The summed E-state index contributed by atoms with van der Waals surface area (Å²) in [5.74, 6) is 0.855. The average Bonchev–Trinajstić information content (AvgIpc) is 3.26. The molecular formula is C24H36N4O3. The first-order valence-corrected chi connectivity index (χ1v) is 11.9. The number of anilines is 1. The maximum absolute atomic E-state index is 13.0. The van der Waals surface area contributed by atoms with E-state index in [0.29, 0.717) is 18.0 Å². The van der Waals surface area contributed by atoms with Gasteiger partial charge in [-0.1, -0.05) is 38.8 Å². The van der Waals surface area contributed by atoms with Crippen LogP contribution in [0, 0.1) is 11.8 Å². The molecule has 0 radical (unpaired) electrons. The van der Waals surface area contributed by atoms with Crippen LogP contribution in [0.4, 0.5) is 6.01 Å². The Morgan fingerprint density at radius 1 is 1.13 bits per heavy atom. The van der Waals surface area contributed by atoms with Crippen LogP contribution in [-0.2, 0) is 9.53 Å². The lowest BCUT2D eigenvalue weighted by Gasteiger charge is -2.39. The monoisotopic (exact) mass is 428 g/mol. The van der Waals surface area contributed by atoms with Gasteiger partial charge in [-0.05, 0) is 30.9 Å². The van der Waals surface area contributed by atoms with Crippen molar-refractivity contribution in [2.75, 3.05) is 50.8 Å². The molecule has 7 heteroatoms. The van der Waals surface area contributed by atoms with Gasteiger partial charge in [0.05, 0.1) is 13.2 Å². The number of para-hydroxylation sites is 2. The second kappa shape index (κ2) is 10.5. The maximum atomic E-state index is 13.0. The Hall–Kier alpha value is -2.12. The number of hydrogen-bond donors (Lipinski definition) is 1. The normalized spacial score (nSPS) is 19.8. The third-order valence-corrected chi connectivity index (χ3v) is 7.01. The predicted molar refractivity (Wildman–Crippen MR) is 122 cm³/mol. The molecule has 0 spiro atoms. The van der Waals surface area contributed by atoms with E-state index in [0.717, 1.165) is 82.7 Å². The van der Waals surface area contributed by atoms with Crippen LogP contribution in [0.25, 0.3) is 11.1 Å². The average molecular weight is 429 g/mol. The smallest absolute Gasteiger partial charge is 0.298 e. The lowest BCUT2D eigenvalue weighted by molar-refractivity contribution is -0.126. The van der Waals surface area contributed by atoms with Crippen LogP contribution in [0.5, 0.6) is 0 Å². The molecule has 0 unspecified atom stereocenters. The van der Waals surface area contributed by atoms with Gasteiger partial charge in [-0.15, -0.1) is 0 Å². The number of carbonyl (C=O) groups is 1. The number of hydrogen-bond acceptors (Lipinski definition) is 6. The highest BCUT2D eigenvalue weighted by Crippen LogP contribution is 2.26. The zero-order chi connectivity index (χ0) is 21.6. The standard InChI is InChI=1S/C24H36N4O3/c1-3-18(4-2)21(27-13-15-30-16-14-27)17-25-23(29)19-9-11-28(12-10-19)24-26-20-7-5-6-8-22(20)31-24/h5-8,18-19,21H,3-4,9-17H2,1-2H3,(H,25,29)/t21-/m0/s1. The molecule has 2 fully saturated rings. The minimum atomic E-state index is 0.0627. The van der Waals surface area contributed by atoms with Crippen molar-refractivity contribution >= 4 is 23.0 Å². The SMILES string of the molecule is CCC(CC)[C@H](CNC(=O)C1CCN(c2nc3ccccc3o2)CC1)N1CCOCC1. The van der Waals surface area contributed by atoms with Gasteiger partial charge in [0.1, 0.15) is 5.52 Å². The molecule has 2 saturated heterocycles. The summed E-state index contributed by atoms with van der Waals surface area (Å²) in [5, 5.41) is 3.30. The van der Waals surface area contributed by atoms with Crippen molar-refractivity contribution < 1.29 is 13.9 Å². The number of morpholine rings is 1. The van der Waals surface area contributed by atoms with Crippen LogP contribution in [0.15, 0.2) is 28.7 Å². The second-order valence-electron chi connectivity index (χ2n) is 8.76. The van der Waals surface area contributed by atoms with Gasteiger partial charge < -0.3 is 19.4 Å². The van der Waals surface area contributed by atoms with E-state index in [9.17, 15) is 4.79 Å². The molecule has 3 heterocycles. The van der Waals surface area contributed by atoms with Crippen molar-refractivity contribution in [3.63, 3.8) is 0 Å². The highest BCUT2D eigenvalue weighted by atomic mass is 16.5. The Morgan fingerprint density at radius 3 is 2.52 bits per heavy atom. The van der Waals surface area contributed by atoms with Crippen molar-refractivity contribution in [2.45, 2.75) is 45.6 Å². The summed E-state index contributed by atoms with van der Waals surface area (Å²) >= 11 is 0. The summed E-state index contributed by atoms with van der Waals surface area (Å²) < 4.78 is 11.4. The van der Waals surface area contributed by atoms with E-state index in [1.165, 1.54) is 0 Å². The molecule has 7 nitrogen and oxygen atoms in total. The summed E-state index contributed by atoms with van der Waals surface area (Å²) in [4.78, 5) is 22.2. The van der Waals surface area contributed by atoms with Gasteiger partial charge in [-0.2, -0.15) is 4.98 Å². The maximum Gasteiger partial charge on any atom is 0.298 e. The van der Waals surface area contributed by atoms with E-state index >= 15 is 0 Å².